The highest BCUT2D eigenvalue weighted by Crippen LogP contribution is 2.20. The van der Waals surface area contributed by atoms with Crippen LogP contribution < -0.4 is 0 Å². The minimum Gasteiger partial charge on any atom is -0.454 e. The maximum atomic E-state index is 12.3. The first kappa shape index (κ1) is 18.2. The van der Waals surface area contributed by atoms with Crippen LogP contribution in [0.4, 0.5) is 0 Å². The SMILES string of the molecule is Cc1ccc(-c2cc(COC(=O)c3cnn(-c4cccc(Br)c4)c3)on2)cc1. The molecule has 0 radical (unpaired) electrons. The standard InChI is InChI=1S/C21H16BrN3O3/c1-14-5-7-15(8-6-14)20-10-19(28-24-20)13-27-21(26)16-11-23-25(12-16)18-4-2-3-17(22)9-18/h2-12H,13H2,1H3. The molecule has 0 atom stereocenters. The van der Waals surface area contributed by atoms with E-state index < -0.39 is 5.97 Å². The molecule has 0 aliphatic carbocycles. The Kier molecular flexibility index (Phi) is 5.08. The number of hydrogen-bond donors (Lipinski definition) is 0. The van der Waals surface area contributed by atoms with Gasteiger partial charge in [0.15, 0.2) is 12.4 Å². The third kappa shape index (κ3) is 4.04. The molecule has 6 nitrogen and oxygen atoms in total. The molecule has 0 saturated carbocycles. The molecule has 0 unspecified atom stereocenters. The van der Waals surface area contributed by atoms with Gasteiger partial charge >= 0.3 is 5.97 Å². The summed E-state index contributed by atoms with van der Waals surface area (Å²) in [5, 5.41) is 8.25. The summed E-state index contributed by atoms with van der Waals surface area (Å²) < 4.78 is 13.1. The van der Waals surface area contributed by atoms with Gasteiger partial charge < -0.3 is 9.26 Å². The van der Waals surface area contributed by atoms with Crippen molar-refractivity contribution >= 4 is 21.9 Å². The molecule has 4 rings (SSSR count). The molecule has 0 spiro atoms. The van der Waals surface area contributed by atoms with Crippen molar-refractivity contribution in [1.29, 1.82) is 0 Å². The molecule has 7 heteroatoms. The summed E-state index contributed by atoms with van der Waals surface area (Å²) in [5.74, 6) is -0.00200. The Bertz CT molecular complexity index is 1120. The van der Waals surface area contributed by atoms with Crippen molar-refractivity contribution in [2.24, 2.45) is 0 Å². The van der Waals surface area contributed by atoms with Gasteiger partial charge in [-0.15, -0.1) is 0 Å². The number of rotatable bonds is 5. The number of nitrogens with zero attached hydrogens (tertiary/aromatic N) is 3. The lowest BCUT2D eigenvalue weighted by Crippen LogP contribution is -2.03. The number of carbonyl (C=O) groups is 1. The maximum absolute atomic E-state index is 12.3. The second kappa shape index (κ2) is 7.82. The number of carbonyl (C=O) groups excluding carboxylic acids is 1. The molecule has 0 fully saturated rings. The highest BCUT2D eigenvalue weighted by atomic mass is 79.9. The molecule has 0 saturated heterocycles. The van der Waals surface area contributed by atoms with Crippen molar-refractivity contribution in [2.45, 2.75) is 13.5 Å². The van der Waals surface area contributed by atoms with Crippen LogP contribution in [0, 0.1) is 6.92 Å². The number of halogens is 1. The summed E-state index contributed by atoms with van der Waals surface area (Å²) in [6.07, 6.45) is 3.10. The predicted molar refractivity (Wildman–Crippen MR) is 107 cm³/mol. The quantitative estimate of drug-likeness (QED) is 0.412. The smallest absolute Gasteiger partial charge is 0.341 e. The average molecular weight is 438 g/mol. The van der Waals surface area contributed by atoms with E-state index in [1.54, 1.807) is 16.9 Å². The first-order chi connectivity index (χ1) is 13.6. The van der Waals surface area contributed by atoms with Crippen molar-refractivity contribution in [3.05, 3.63) is 88.4 Å². The molecule has 140 valence electrons. The van der Waals surface area contributed by atoms with E-state index in [1.165, 1.54) is 11.8 Å². The largest absolute Gasteiger partial charge is 0.454 e. The Morgan fingerprint density at radius 2 is 2.00 bits per heavy atom. The molecule has 2 aromatic carbocycles. The fraction of sp³-hybridized carbons (Fsp3) is 0.0952. The molecule has 0 aliphatic heterocycles. The normalized spacial score (nSPS) is 10.8. The van der Waals surface area contributed by atoms with E-state index in [2.05, 4.69) is 26.2 Å². The lowest BCUT2D eigenvalue weighted by Gasteiger charge is -2.01. The summed E-state index contributed by atoms with van der Waals surface area (Å²) in [7, 11) is 0. The summed E-state index contributed by atoms with van der Waals surface area (Å²) >= 11 is 3.42. The number of benzene rings is 2. The maximum Gasteiger partial charge on any atom is 0.341 e. The van der Waals surface area contributed by atoms with Gasteiger partial charge in [0.1, 0.15) is 5.69 Å². The lowest BCUT2D eigenvalue weighted by atomic mass is 10.1. The zero-order chi connectivity index (χ0) is 19.5. The van der Waals surface area contributed by atoms with E-state index in [9.17, 15) is 4.79 Å². The van der Waals surface area contributed by atoms with Crippen molar-refractivity contribution in [2.75, 3.05) is 0 Å². The summed E-state index contributed by atoms with van der Waals surface area (Å²) in [6.45, 7) is 2.02. The second-order valence-electron chi connectivity index (χ2n) is 6.27. The van der Waals surface area contributed by atoms with Crippen molar-refractivity contribution in [3.8, 4) is 16.9 Å². The van der Waals surface area contributed by atoms with Gasteiger partial charge in [0.2, 0.25) is 0 Å². The van der Waals surface area contributed by atoms with Gasteiger partial charge in [-0.2, -0.15) is 5.10 Å². The van der Waals surface area contributed by atoms with Crippen molar-refractivity contribution < 1.29 is 14.1 Å². The first-order valence-corrected chi connectivity index (χ1v) is 9.38. The number of ether oxygens (including phenoxy) is 1. The number of hydrogen-bond acceptors (Lipinski definition) is 5. The molecule has 28 heavy (non-hydrogen) atoms. The average Bonchev–Trinajstić information content (AvgIpc) is 3.37. The molecule has 0 N–H and O–H groups in total. The van der Waals surface area contributed by atoms with E-state index in [-0.39, 0.29) is 6.61 Å². The van der Waals surface area contributed by atoms with E-state index >= 15 is 0 Å². The van der Waals surface area contributed by atoms with Gasteiger partial charge in [-0.1, -0.05) is 57.0 Å². The molecule has 4 aromatic rings. The predicted octanol–water partition coefficient (Wildman–Crippen LogP) is 4.96. The van der Waals surface area contributed by atoms with Gasteiger partial charge in [0.25, 0.3) is 0 Å². The first-order valence-electron chi connectivity index (χ1n) is 8.59. The zero-order valence-corrected chi connectivity index (χ0v) is 16.6. The molecule has 0 aliphatic rings. The zero-order valence-electron chi connectivity index (χ0n) is 15.0. The van der Waals surface area contributed by atoms with Crippen LogP contribution in [0.25, 0.3) is 16.9 Å². The molecule has 0 bridgehead atoms. The molecular weight excluding hydrogens is 422 g/mol. The van der Waals surface area contributed by atoms with E-state index in [4.69, 9.17) is 9.26 Å². The Morgan fingerprint density at radius 1 is 1.18 bits per heavy atom. The number of esters is 1. The van der Waals surface area contributed by atoms with E-state index in [0.29, 0.717) is 17.0 Å². The van der Waals surface area contributed by atoms with Crippen LogP contribution in [-0.2, 0) is 11.3 Å². The summed E-state index contributed by atoms with van der Waals surface area (Å²) in [6, 6.07) is 17.3. The van der Waals surface area contributed by atoms with Crippen LogP contribution in [0.15, 0.2) is 76.0 Å². The monoisotopic (exact) mass is 437 g/mol. The minimum absolute atomic E-state index is 0.000238. The van der Waals surface area contributed by atoms with Crippen LogP contribution in [0.2, 0.25) is 0 Å². The van der Waals surface area contributed by atoms with Crippen LogP contribution >= 0.6 is 15.9 Å². The van der Waals surface area contributed by atoms with E-state index in [1.807, 2.05) is 55.5 Å². The van der Waals surface area contributed by atoms with Crippen molar-refractivity contribution in [1.82, 2.24) is 14.9 Å². The third-order valence-electron chi connectivity index (χ3n) is 4.14. The molecule has 2 heterocycles. The van der Waals surface area contributed by atoms with E-state index in [0.717, 1.165) is 15.7 Å². The minimum atomic E-state index is -0.477. The van der Waals surface area contributed by atoms with Gasteiger partial charge in [-0.25, -0.2) is 9.48 Å². The van der Waals surface area contributed by atoms with Gasteiger partial charge in [-0.05, 0) is 25.1 Å². The van der Waals surface area contributed by atoms with Crippen LogP contribution in [0.1, 0.15) is 21.7 Å². The Balaban J connectivity index is 1.40. The molecule has 2 aromatic heterocycles. The van der Waals surface area contributed by atoms with Crippen LogP contribution in [-0.4, -0.2) is 20.9 Å². The van der Waals surface area contributed by atoms with Crippen LogP contribution in [0.3, 0.4) is 0 Å². The number of aromatic nitrogens is 3. The highest BCUT2D eigenvalue weighted by molar-refractivity contribution is 9.10. The number of aryl methyl sites for hydroxylation is 1. The van der Waals surface area contributed by atoms with Gasteiger partial charge in [0.05, 0.1) is 17.4 Å². The highest BCUT2D eigenvalue weighted by Gasteiger charge is 2.13. The fourth-order valence-electron chi connectivity index (χ4n) is 2.65. The topological polar surface area (TPSA) is 70.2 Å². The fourth-order valence-corrected chi connectivity index (χ4v) is 3.04. The lowest BCUT2D eigenvalue weighted by molar-refractivity contribution is 0.0437. The summed E-state index contributed by atoms with van der Waals surface area (Å²) in [5.41, 5.74) is 4.02. The Morgan fingerprint density at radius 3 is 2.79 bits per heavy atom. The van der Waals surface area contributed by atoms with Gasteiger partial charge in [0, 0.05) is 22.3 Å². The van der Waals surface area contributed by atoms with Crippen LogP contribution in [0.5, 0.6) is 0 Å². The Hall–Kier alpha value is -3.19. The third-order valence-corrected chi connectivity index (χ3v) is 4.64. The second-order valence-corrected chi connectivity index (χ2v) is 7.19. The molecule has 0 amide bonds. The Labute approximate surface area is 169 Å². The van der Waals surface area contributed by atoms with Crippen molar-refractivity contribution in [3.63, 3.8) is 0 Å². The molecular formula is C21H16BrN3O3. The van der Waals surface area contributed by atoms with Gasteiger partial charge in [-0.3, -0.25) is 0 Å². The summed E-state index contributed by atoms with van der Waals surface area (Å²) in [4.78, 5) is 12.3.